The average molecular weight is 466 g/mol. The number of carbonyl (C=O) groups is 1. The molecule has 0 saturated heterocycles. The van der Waals surface area contributed by atoms with Crippen LogP contribution >= 0.6 is 11.3 Å². The number of pyridine rings is 1. The van der Waals surface area contributed by atoms with Crippen LogP contribution in [0, 0.1) is 0 Å². The summed E-state index contributed by atoms with van der Waals surface area (Å²) >= 11 is 1.53. The van der Waals surface area contributed by atoms with E-state index in [0.717, 1.165) is 28.0 Å². The zero-order valence-electron chi connectivity index (χ0n) is 18.7. The number of thiazole rings is 1. The summed E-state index contributed by atoms with van der Waals surface area (Å²) in [7, 11) is 0. The third-order valence-corrected chi connectivity index (χ3v) is 6.51. The Labute approximate surface area is 202 Å². The van der Waals surface area contributed by atoms with Crippen LogP contribution in [0.15, 0.2) is 97.3 Å². The predicted octanol–water partition coefficient (Wildman–Crippen LogP) is 6.89. The minimum absolute atomic E-state index is 0.120. The van der Waals surface area contributed by atoms with Gasteiger partial charge in [0.2, 0.25) is 0 Å². The van der Waals surface area contributed by atoms with Crippen molar-refractivity contribution in [2.45, 2.75) is 19.9 Å². The number of fused-ring (bicyclic) bond motifs is 1. The van der Waals surface area contributed by atoms with E-state index in [-0.39, 0.29) is 5.91 Å². The summed E-state index contributed by atoms with van der Waals surface area (Å²) in [6.45, 7) is 2.52. The van der Waals surface area contributed by atoms with Gasteiger partial charge < -0.3 is 4.74 Å². The van der Waals surface area contributed by atoms with Crippen LogP contribution in [0.4, 0.5) is 5.13 Å². The van der Waals surface area contributed by atoms with Crippen LogP contribution in [0.25, 0.3) is 10.2 Å². The standard InChI is InChI=1S/C28H23N3O2S/c1-2-20-10-15-25-26(17-20)34-28(30-25)31(19-21-7-6-16-29-18-21)27(32)22-11-13-24(14-12-22)33-23-8-4-3-5-9-23/h3-18H,2,19H2,1H3. The molecule has 0 radical (unpaired) electrons. The molecule has 0 aliphatic heterocycles. The number of anilines is 1. The van der Waals surface area contributed by atoms with Gasteiger partial charge in [0.15, 0.2) is 5.13 Å². The monoisotopic (exact) mass is 465 g/mol. The van der Waals surface area contributed by atoms with Crippen molar-refractivity contribution in [1.29, 1.82) is 0 Å². The zero-order chi connectivity index (χ0) is 23.3. The van der Waals surface area contributed by atoms with Gasteiger partial charge >= 0.3 is 0 Å². The lowest BCUT2D eigenvalue weighted by atomic mass is 10.1. The summed E-state index contributed by atoms with van der Waals surface area (Å²) in [5.41, 5.74) is 3.65. The summed E-state index contributed by atoms with van der Waals surface area (Å²) in [4.78, 5) is 24.4. The van der Waals surface area contributed by atoms with E-state index >= 15 is 0 Å². The van der Waals surface area contributed by atoms with E-state index in [1.54, 1.807) is 29.4 Å². The maximum atomic E-state index is 13.7. The fraction of sp³-hybridized carbons (Fsp3) is 0.107. The van der Waals surface area contributed by atoms with Gasteiger partial charge in [0, 0.05) is 18.0 Å². The summed E-state index contributed by atoms with van der Waals surface area (Å²) in [5, 5.41) is 0.668. The van der Waals surface area contributed by atoms with Gasteiger partial charge in [0.25, 0.3) is 5.91 Å². The maximum Gasteiger partial charge on any atom is 0.260 e. The second kappa shape index (κ2) is 9.85. The van der Waals surface area contributed by atoms with Crippen LogP contribution in [0.1, 0.15) is 28.4 Å². The Kier molecular flexibility index (Phi) is 6.31. The van der Waals surface area contributed by atoms with E-state index < -0.39 is 0 Å². The van der Waals surface area contributed by atoms with Crippen molar-refractivity contribution in [3.8, 4) is 11.5 Å². The third kappa shape index (κ3) is 4.82. The van der Waals surface area contributed by atoms with Crippen molar-refractivity contribution in [2.75, 3.05) is 4.90 Å². The molecule has 3 aromatic carbocycles. The number of rotatable bonds is 7. The zero-order valence-corrected chi connectivity index (χ0v) is 19.5. The molecule has 34 heavy (non-hydrogen) atoms. The first kappa shape index (κ1) is 21.8. The molecule has 0 fully saturated rings. The largest absolute Gasteiger partial charge is 0.457 e. The summed E-state index contributed by atoms with van der Waals surface area (Å²) in [6.07, 6.45) is 4.46. The normalized spacial score (nSPS) is 10.9. The van der Waals surface area contributed by atoms with E-state index in [9.17, 15) is 4.79 Å². The molecule has 0 aliphatic rings. The van der Waals surface area contributed by atoms with Gasteiger partial charge in [-0.2, -0.15) is 0 Å². The van der Waals surface area contributed by atoms with Crippen molar-refractivity contribution in [1.82, 2.24) is 9.97 Å². The van der Waals surface area contributed by atoms with Gasteiger partial charge in [-0.15, -0.1) is 0 Å². The van der Waals surface area contributed by atoms with E-state index in [1.807, 2.05) is 60.7 Å². The summed E-state index contributed by atoms with van der Waals surface area (Å²) < 4.78 is 6.95. The molecule has 0 spiro atoms. The molecular weight excluding hydrogens is 442 g/mol. The molecule has 5 nitrogen and oxygen atoms in total. The molecule has 6 heteroatoms. The molecule has 2 aromatic heterocycles. The van der Waals surface area contributed by atoms with Crippen LogP contribution in [0.2, 0.25) is 0 Å². The fourth-order valence-electron chi connectivity index (χ4n) is 3.64. The fourth-order valence-corrected chi connectivity index (χ4v) is 4.67. The quantitative estimate of drug-likeness (QED) is 0.262. The predicted molar refractivity (Wildman–Crippen MR) is 137 cm³/mol. The molecule has 0 N–H and O–H groups in total. The highest BCUT2D eigenvalue weighted by Gasteiger charge is 2.22. The Hall–Kier alpha value is -4.03. The first-order chi connectivity index (χ1) is 16.7. The lowest BCUT2D eigenvalue weighted by molar-refractivity contribution is 0.0985. The van der Waals surface area contributed by atoms with Crippen molar-refractivity contribution in [3.63, 3.8) is 0 Å². The maximum absolute atomic E-state index is 13.7. The van der Waals surface area contributed by atoms with Gasteiger partial charge in [-0.05, 0) is 72.1 Å². The molecule has 0 aliphatic carbocycles. The number of amides is 1. The number of nitrogens with zero attached hydrogens (tertiary/aromatic N) is 3. The third-order valence-electron chi connectivity index (χ3n) is 5.47. The van der Waals surface area contributed by atoms with Crippen LogP contribution in [-0.2, 0) is 13.0 Å². The number of aryl methyl sites for hydroxylation is 1. The Morgan fingerprint density at radius 3 is 2.44 bits per heavy atom. The highest BCUT2D eigenvalue weighted by atomic mass is 32.1. The SMILES string of the molecule is CCc1ccc2nc(N(Cc3cccnc3)C(=O)c3ccc(Oc4ccccc4)cc3)sc2c1. The summed E-state index contributed by atoms with van der Waals surface area (Å²) in [5.74, 6) is 1.30. The van der Waals surface area contributed by atoms with Crippen molar-refractivity contribution in [3.05, 3.63) is 114 Å². The molecule has 0 atom stereocenters. The van der Waals surface area contributed by atoms with E-state index in [0.29, 0.717) is 23.0 Å². The van der Waals surface area contributed by atoms with Crippen LogP contribution in [0.3, 0.4) is 0 Å². The molecule has 5 rings (SSSR count). The number of hydrogen-bond acceptors (Lipinski definition) is 5. The number of benzene rings is 3. The molecule has 168 valence electrons. The molecular formula is C28H23N3O2S. The van der Waals surface area contributed by atoms with E-state index in [1.165, 1.54) is 16.9 Å². The minimum Gasteiger partial charge on any atom is -0.457 e. The Balaban J connectivity index is 1.45. The van der Waals surface area contributed by atoms with Crippen molar-refractivity contribution in [2.24, 2.45) is 0 Å². The molecule has 0 saturated carbocycles. The highest BCUT2D eigenvalue weighted by molar-refractivity contribution is 7.22. The second-order valence-corrected chi connectivity index (χ2v) is 8.85. The molecule has 5 aromatic rings. The minimum atomic E-state index is -0.120. The van der Waals surface area contributed by atoms with E-state index in [2.05, 4.69) is 24.0 Å². The van der Waals surface area contributed by atoms with E-state index in [4.69, 9.17) is 9.72 Å². The second-order valence-electron chi connectivity index (χ2n) is 7.84. The highest BCUT2D eigenvalue weighted by Crippen LogP contribution is 2.32. The Morgan fingerprint density at radius 1 is 0.912 bits per heavy atom. The average Bonchev–Trinajstić information content (AvgIpc) is 3.31. The Morgan fingerprint density at radius 2 is 1.71 bits per heavy atom. The van der Waals surface area contributed by atoms with Crippen LogP contribution < -0.4 is 9.64 Å². The van der Waals surface area contributed by atoms with Gasteiger partial charge in [0.05, 0.1) is 16.8 Å². The lowest BCUT2D eigenvalue weighted by Crippen LogP contribution is -2.30. The van der Waals surface area contributed by atoms with Gasteiger partial charge in [-0.25, -0.2) is 4.98 Å². The first-order valence-electron chi connectivity index (χ1n) is 11.1. The Bertz CT molecular complexity index is 1400. The van der Waals surface area contributed by atoms with Gasteiger partial charge in [-0.1, -0.05) is 48.6 Å². The van der Waals surface area contributed by atoms with Crippen molar-refractivity contribution >= 4 is 32.6 Å². The lowest BCUT2D eigenvalue weighted by Gasteiger charge is -2.20. The topological polar surface area (TPSA) is 55.3 Å². The van der Waals surface area contributed by atoms with Gasteiger partial charge in [-0.3, -0.25) is 14.7 Å². The van der Waals surface area contributed by atoms with Crippen molar-refractivity contribution < 1.29 is 9.53 Å². The number of aromatic nitrogens is 2. The number of hydrogen-bond donors (Lipinski definition) is 0. The van der Waals surface area contributed by atoms with Gasteiger partial charge in [0.1, 0.15) is 11.5 Å². The van der Waals surface area contributed by atoms with Crippen LogP contribution in [0.5, 0.6) is 11.5 Å². The number of ether oxygens (including phenoxy) is 1. The molecule has 0 unspecified atom stereocenters. The summed E-state index contributed by atoms with van der Waals surface area (Å²) in [6, 6.07) is 26.9. The first-order valence-corrected chi connectivity index (χ1v) is 11.9. The molecule has 0 bridgehead atoms. The smallest absolute Gasteiger partial charge is 0.260 e. The number of para-hydroxylation sites is 1. The number of carbonyl (C=O) groups excluding carboxylic acids is 1. The molecule has 2 heterocycles. The van der Waals surface area contributed by atoms with Crippen LogP contribution in [-0.4, -0.2) is 15.9 Å². The molecule has 1 amide bonds.